The third-order valence-electron chi connectivity index (χ3n) is 3.91. The number of thioether (sulfide) groups is 1. The standard InChI is InChI=1S/C20H23NO5S2/c1-14-4-7-16(8-5-14)27-11-10-21-19(22)13-26-20(23)18-12-17(28(3,24)25)9-6-15(18)2/h4-9,12H,10-11,13H2,1-3H3,(H,21,22). The molecule has 2 rings (SSSR count). The van der Waals surface area contributed by atoms with Crippen molar-refractivity contribution in [2.45, 2.75) is 23.6 Å². The largest absolute Gasteiger partial charge is 0.452 e. The van der Waals surface area contributed by atoms with Gasteiger partial charge in [-0.1, -0.05) is 23.8 Å². The summed E-state index contributed by atoms with van der Waals surface area (Å²) in [4.78, 5) is 25.2. The molecule has 150 valence electrons. The molecule has 0 saturated carbocycles. The highest BCUT2D eigenvalue weighted by Gasteiger charge is 2.16. The second-order valence-corrected chi connectivity index (χ2v) is 9.52. The smallest absolute Gasteiger partial charge is 0.338 e. The van der Waals surface area contributed by atoms with Crippen molar-refractivity contribution in [2.24, 2.45) is 0 Å². The van der Waals surface area contributed by atoms with Gasteiger partial charge in [0.2, 0.25) is 0 Å². The summed E-state index contributed by atoms with van der Waals surface area (Å²) in [6.45, 7) is 3.72. The Hall–Kier alpha value is -2.32. The van der Waals surface area contributed by atoms with Crippen molar-refractivity contribution < 1.29 is 22.7 Å². The maximum absolute atomic E-state index is 12.2. The van der Waals surface area contributed by atoms with Gasteiger partial charge >= 0.3 is 5.97 Å². The molecule has 0 aromatic heterocycles. The molecule has 0 unspecified atom stereocenters. The summed E-state index contributed by atoms with van der Waals surface area (Å²) in [7, 11) is -3.44. The molecule has 0 aliphatic carbocycles. The van der Waals surface area contributed by atoms with Crippen LogP contribution in [0.4, 0.5) is 0 Å². The summed E-state index contributed by atoms with van der Waals surface area (Å²) in [5.41, 5.74) is 1.90. The average molecular weight is 422 g/mol. The molecular weight excluding hydrogens is 398 g/mol. The van der Waals surface area contributed by atoms with Gasteiger partial charge in [0, 0.05) is 23.4 Å². The fourth-order valence-electron chi connectivity index (χ4n) is 2.31. The number of hydrogen-bond acceptors (Lipinski definition) is 6. The monoisotopic (exact) mass is 421 g/mol. The van der Waals surface area contributed by atoms with Crippen molar-refractivity contribution >= 4 is 33.5 Å². The van der Waals surface area contributed by atoms with E-state index < -0.39 is 28.3 Å². The number of carbonyl (C=O) groups is 2. The molecule has 0 fully saturated rings. The molecule has 0 aliphatic heterocycles. The molecule has 1 N–H and O–H groups in total. The van der Waals surface area contributed by atoms with Crippen molar-refractivity contribution in [1.29, 1.82) is 0 Å². The molecule has 0 atom stereocenters. The maximum atomic E-state index is 12.2. The third-order valence-corrected chi connectivity index (χ3v) is 6.03. The van der Waals surface area contributed by atoms with Crippen LogP contribution >= 0.6 is 11.8 Å². The Morgan fingerprint density at radius 1 is 1.07 bits per heavy atom. The lowest BCUT2D eigenvalue weighted by Crippen LogP contribution is -2.30. The van der Waals surface area contributed by atoms with Crippen molar-refractivity contribution in [3.05, 3.63) is 59.2 Å². The SMILES string of the molecule is Cc1ccc(SCCNC(=O)COC(=O)c2cc(S(C)(=O)=O)ccc2C)cc1. The van der Waals surface area contributed by atoms with Gasteiger partial charge in [0.1, 0.15) is 0 Å². The fourth-order valence-corrected chi connectivity index (χ4v) is 3.72. The van der Waals surface area contributed by atoms with Crippen LogP contribution in [0.1, 0.15) is 21.5 Å². The maximum Gasteiger partial charge on any atom is 0.338 e. The van der Waals surface area contributed by atoms with E-state index in [0.717, 1.165) is 11.2 Å². The zero-order valence-corrected chi connectivity index (χ0v) is 17.7. The summed E-state index contributed by atoms with van der Waals surface area (Å²) < 4.78 is 28.3. The molecule has 0 spiro atoms. The van der Waals surface area contributed by atoms with Gasteiger partial charge in [-0.2, -0.15) is 0 Å². The van der Waals surface area contributed by atoms with Crippen LogP contribution in [0.3, 0.4) is 0 Å². The summed E-state index contributed by atoms with van der Waals surface area (Å²) in [6, 6.07) is 12.3. The topological polar surface area (TPSA) is 89.5 Å². The second-order valence-electron chi connectivity index (χ2n) is 6.34. The number of benzene rings is 2. The molecule has 28 heavy (non-hydrogen) atoms. The lowest BCUT2D eigenvalue weighted by Gasteiger charge is -2.09. The third kappa shape index (κ3) is 6.69. The first-order valence-electron chi connectivity index (χ1n) is 8.61. The van der Waals surface area contributed by atoms with E-state index in [0.29, 0.717) is 17.9 Å². The number of carbonyl (C=O) groups excluding carboxylic acids is 2. The molecule has 0 heterocycles. The van der Waals surface area contributed by atoms with Gasteiger partial charge in [-0.3, -0.25) is 4.79 Å². The number of esters is 1. The zero-order chi connectivity index (χ0) is 20.7. The van der Waals surface area contributed by atoms with Crippen molar-refractivity contribution in [2.75, 3.05) is 25.2 Å². The molecule has 0 aliphatic rings. The first-order valence-corrected chi connectivity index (χ1v) is 11.5. The molecule has 2 aromatic carbocycles. The van der Waals surface area contributed by atoms with Crippen LogP contribution in [0.2, 0.25) is 0 Å². The molecule has 0 bridgehead atoms. The van der Waals surface area contributed by atoms with Crippen LogP contribution in [-0.4, -0.2) is 45.5 Å². The number of amides is 1. The van der Waals surface area contributed by atoms with Crippen LogP contribution in [0.5, 0.6) is 0 Å². The Morgan fingerprint density at radius 3 is 2.39 bits per heavy atom. The van der Waals surface area contributed by atoms with Crippen LogP contribution in [-0.2, 0) is 19.4 Å². The van der Waals surface area contributed by atoms with Gasteiger partial charge in [0.25, 0.3) is 5.91 Å². The van der Waals surface area contributed by atoms with Crippen molar-refractivity contribution in [1.82, 2.24) is 5.32 Å². The molecule has 2 aromatic rings. The number of ether oxygens (including phenoxy) is 1. The first-order chi connectivity index (χ1) is 13.2. The van der Waals surface area contributed by atoms with E-state index in [4.69, 9.17) is 4.74 Å². The molecule has 0 saturated heterocycles. The molecule has 1 amide bonds. The van der Waals surface area contributed by atoms with Crippen molar-refractivity contribution in [3.63, 3.8) is 0 Å². The Morgan fingerprint density at radius 2 is 1.75 bits per heavy atom. The number of nitrogens with one attached hydrogen (secondary N) is 1. The summed E-state index contributed by atoms with van der Waals surface area (Å²) in [6.07, 6.45) is 1.06. The fraction of sp³-hybridized carbons (Fsp3) is 0.300. The lowest BCUT2D eigenvalue weighted by molar-refractivity contribution is -0.124. The van der Waals surface area contributed by atoms with E-state index in [9.17, 15) is 18.0 Å². The molecule has 0 radical (unpaired) electrons. The van der Waals surface area contributed by atoms with Gasteiger partial charge in [0.15, 0.2) is 16.4 Å². The van der Waals surface area contributed by atoms with E-state index in [2.05, 4.69) is 5.32 Å². The highest BCUT2D eigenvalue weighted by atomic mass is 32.2. The minimum absolute atomic E-state index is 0.0302. The quantitative estimate of drug-likeness (QED) is 0.400. The normalized spacial score (nSPS) is 11.1. The Kier molecular flexibility index (Phi) is 7.65. The van der Waals surface area contributed by atoms with Crippen LogP contribution in [0.25, 0.3) is 0 Å². The van der Waals surface area contributed by atoms with Crippen LogP contribution < -0.4 is 5.32 Å². The zero-order valence-electron chi connectivity index (χ0n) is 16.0. The number of sulfone groups is 1. The Balaban J connectivity index is 1.79. The van der Waals surface area contributed by atoms with E-state index >= 15 is 0 Å². The van der Waals surface area contributed by atoms with E-state index in [1.807, 2.05) is 31.2 Å². The minimum atomic E-state index is -3.44. The van der Waals surface area contributed by atoms with Gasteiger partial charge in [-0.15, -0.1) is 11.8 Å². The summed E-state index contributed by atoms with van der Waals surface area (Å²) in [5.74, 6) is -0.444. The predicted molar refractivity (Wildman–Crippen MR) is 109 cm³/mol. The molecule has 6 nitrogen and oxygen atoms in total. The Labute approximate surface area is 169 Å². The predicted octanol–water partition coefficient (Wildman–Crippen LogP) is 2.77. The van der Waals surface area contributed by atoms with Gasteiger partial charge in [-0.25, -0.2) is 13.2 Å². The van der Waals surface area contributed by atoms with Crippen molar-refractivity contribution in [3.8, 4) is 0 Å². The number of hydrogen-bond donors (Lipinski definition) is 1. The van der Waals surface area contributed by atoms with Gasteiger partial charge in [-0.05, 0) is 43.7 Å². The lowest BCUT2D eigenvalue weighted by atomic mass is 10.1. The van der Waals surface area contributed by atoms with Gasteiger partial charge in [0.05, 0.1) is 10.5 Å². The second kappa shape index (κ2) is 9.75. The summed E-state index contributed by atoms with van der Waals surface area (Å²) >= 11 is 1.62. The van der Waals surface area contributed by atoms with Crippen LogP contribution in [0, 0.1) is 13.8 Å². The van der Waals surface area contributed by atoms with Crippen LogP contribution in [0.15, 0.2) is 52.3 Å². The highest BCUT2D eigenvalue weighted by Crippen LogP contribution is 2.18. The van der Waals surface area contributed by atoms with Gasteiger partial charge < -0.3 is 10.1 Å². The minimum Gasteiger partial charge on any atom is -0.452 e. The van der Waals surface area contributed by atoms with E-state index in [1.165, 1.54) is 23.8 Å². The molecular formula is C20H23NO5S2. The Bertz CT molecular complexity index is 953. The number of aryl methyl sites for hydroxylation is 2. The van der Waals surface area contributed by atoms with E-state index in [-0.39, 0.29) is 10.5 Å². The molecule has 8 heteroatoms. The number of rotatable bonds is 8. The van der Waals surface area contributed by atoms with E-state index in [1.54, 1.807) is 18.7 Å². The average Bonchev–Trinajstić information content (AvgIpc) is 2.64. The first kappa shape index (κ1) is 22.0. The summed E-state index contributed by atoms with van der Waals surface area (Å²) in [5, 5.41) is 2.69. The highest BCUT2D eigenvalue weighted by molar-refractivity contribution is 7.99.